The second kappa shape index (κ2) is 7.11. The van der Waals surface area contributed by atoms with Crippen molar-refractivity contribution in [3.63, 3.8) is 0 Å². The number of carbonyl (C=O) groups excluding carboxylic acids is 1. The highest BCUT2D eigenvalue weighted by molar-refractivity contribution is 5.98. The quantitative estimate of drug-likeness (QED) is 0.708. The molecule has 0 aliphatic heterocycles. The van der Waals surface area contributed by atoms with E-state index in [1.807, 2.05) is 17.7 Å². The van der Waals surface area contributed by atoms with E-state index in [9.17, 15) is 4.79 Å². The number of nitrogens with one attached hydrogen (secondary N) is 1. The minimum Gasteiger partial charge on any atom is -0.365 e. The summed E-state index contributed by atoms with van der Waals surface area (Å²) >= 11 is 0. The smallest absolute Gasteiger partial charge is 0.252 e. The van der Waals surface area contributed by atoms with Crippen molar-refractivity contribution < 1.29 is 4.79 Å². The Morgan fingerprint density at radius 2 is 1.79 bits per heavy atom. The van der Waals surface area contributed by atoms with Gasteiger partial charge in [-0.15, -0.1) is 0 Å². The number of primary amides is 1. The molecule has 2 heterocycles. The van der Waals surface area contributed by atoms with Crippen LogP contribution in [0, 0.1) is 20.8 Å². The number of rotatable bonds is 4. The van der Waals surface area contributed by atoms with E-state index >= 15 is 0 Å². The molecule has 2 aromatic heterocycles. The zero-order valence-electron chi connectivity index (χ0n) is 17.3. The van der Waals surface area contributed by atoms with Gasteiger partial charge in [0, 0.05) is 17.2 Å². The largest absolute Gasteiger partial charge is 0.365 e. The molecule has 0 atom stereocenters. The molecule has 0 bridgehead atoms. The van der Waals surface area contributed by atoms with Crippen LogP contribution < -0.4 is 11.1 Å². The van der Waals surface area contributed by atoms with Gasteiger partial charge < -0.3 is 11.1 Å². The standard InChI is InChI=1S/C22H27N5O/c1-13-7-8-14(2)17(11-13)27-19(12-18(26-27)22(4,5)6)25-21-16(20(23)28)10-9-15(3)24-21/h7-12H,1-6H3,(H2,23,28)(H,24,25). The summed E-state index contributed by atoms with van der Waals surface area (Å²) in [5.41, 5.74) is 10.7. The lowest BCUT2D eigenvalue weighted by molar-refractivity contribution is 0.100. The Balaban J connectivity index is 2.19. The van der Waals surface area contributed by atoms with Crippen LogP contribution in [0.3, 0.4) is 0 Å². The maximum Gasteiger partial charge on any atom is 0.252 e. The maximum absolute atomic E-state index is 11.9. The number of amides is 1. The third kappa shape index (κ3) is 3.91. The van der Waals surface area contributed by atoms with Gasteiger partial charge in [0.1, 0.15) is 11.6 Å². The van der Waals surface area contributed by atoms with E-state index in [4.69, 9.17) is 10.8 Å². The van der Waals surface area contributed by atoms with Crippen molar-refractivity contribution >= 4 is 17.5 Å². The molecule has 0 spiro atoms. The molecule has 28 heavy (non-hydrogen) atoms. The number of nitrogens with zero attached hydrogens (tertiary/aromatic N) is 3. The molecule has 0 saturated heterocycles. The van der Waals surface area contributed by atoms with Crippen LogP contribution in [0.5, 0.6) is 0 Å². The molecule has 0 aliphatic rings. The monoisotopic (exact) mass is 377 g/mol. The third-order valence-corrected chi connectivity index (χ3v) is 4.62. The minimum absolute atomic E-state index is 0.133. The molecule has 0 saturated carbocycles. The number of pyridine rings is 1. The Morgan fingerprint density at radius 1 is 1.07 bits per heavy atom. The van der Waals surface area contributed by atoms with Crippen LogP contribution in [0.25, 0.3) is 5.69 Å². The van der Waals surface area contributed by atoms with Gasteiger partial charge in [-0.3, -0.25) is 4.79 Å². The fourth-order valence-corrected chi connectivity index (χ4v) is 2.94. The number of hydrogen-bond acceptors (Lipinski definition) is 4. The molecular formula is C22H27N5O. The summed E-state index contributed by atoms with van der Waals surface area (Å²) in [4.78, 5) is 16.3. The fraction of sp³-hybridized carbons (Fsp3) is 0.318. The highest BCUT2D eigenvalue weighted by Gasteiger charge is 2.22. The Kier molecular flexibility index (Phi) is 4.98. The summed E-state index contributed by atoms with van der Waals surface area (Å²) in [5.74, 6) is 0.641. The maximum atomic E-state index is 11.9. The second-order valence-electron chi connectivity index (χ2n) is 8.20. The van der Waals surface area contributed by atoms with Crippen molar-refractivity contribution in [3.8, 4) is 5.69 Å². The van der Waals surface area contributed by atoms with Crippen molar-refractivity contribution in [1.82, 2.24) is 14.8 Å². The highest BCUT2D eigenvalue weighted by Crippen LogP contribution is 2.30. The van der Waals surface area contributed by atoms with Gasteiger partial charge in [-0.25, -0.2) is 9.67 Å². The zero-order chi connectivity index (χ0) is 20.6. The van der Waals surface area contributed by atoms with Crippen molar-refractivity contribution in [3.05, 3.63) is 64.5 Å². The summed E-state index contributed by atoms with van der Waals surface area (Å²) in [7, 11) is 0. The highest BCUT2D eigenvalue weighted by atomic mass is 16.1. The van der Waals surface area contributed by atoms with E-state index < -0.39 is 5.91 Å². The zero-order valence-corrected chi connectivity index (χ0v) is 17.3. The SMILES string of the molecule is Cc1ccc(C)c(-n2nc(C(C)(C)C)cc2Nc2nc(C)ccc2C(N)=O)c1. The lowest BCUT2D eigenvalue weighted by Gasteiger charge is -2.15. The van der Waals surface area contributed by atoms with Crippen molar-refractivity contribution in [2.45, 2.75) is 47.0 Å². The van der Waals surface area contributed by atoms with Crippen molar-refractivity contribution in [1.29, 1.82) is 0 Å². The van der Waals surface area contributed by atoms with Gasteiger partial charge in [0.2, 0.25) is 0 Å². The first-order chi connectivity index (χ1) is 13.1. The van der Waals surface area contributed by atoms with Gasteiger partial charge in [0.05, 0.1) is 16.9 Å². The first-order valence-corrected chi connectivity index (χ1v) is 9.29. The number of aromatic nitrogens is 3. The molecule has 0 radical (unpaired) electrons. The topological polar surface area (TPSA) is 85.8 Å². The molecule has 146 valence electrons. The molecule has 1 amide bonds. The van der Waals surface area contributed by atoms with Gasteiger partial charge in [0.15, 0.2) is 0 Å². The van der Waals surface area contributed by atoms with Crippen LogP contribution in [-0.4, -0.2) is 20.7 Å². The van der Waals surface area contributed by atoms with E-state index in [0.29, 0.717) is 11.4 Å². The van der Waals surface area contributed by atoms with Crippen LogP contribution >= 0.6 is 0 Å². The van der Waals surface area contributed by atoms with Gasteiger partial charge in [-0.2, -0.15) is 5.10 Å². The summed E-state index contributed by atoms with van der Waals surface area (Å²) in [6, 6.07) is 11.7. The molecule has 1 aromatic carbocycles. The number of carbonyl (C=O) groups is 1. The van der Waals surface area contributed by atoms with Crippen LogP contribution in [0.15, 0.2) is 36.4 Å². The molecule has 0 aliphatic carbocycles. The summed E-state index contributed by atoms with van der Waals surface area (Å²) in [6.07, 6.45) is 0. The molecule has 3 aromatic rings. The average molecular weight is 377 g/mol. The summed E-state index contributed by atoms with van der Waals surface area (Å²) < 4.78 is 1.87. The molecule has 0 fully saturated rings. The van der Waals surface area contributed by atoms with Gasteiger partial charge in [-0.05, 0) is 50.1 Å². The lowest BCUT2D eigenvalue weighted by Crippen LogP contribution is -2.15. The number of benzene rings is 1. The average Bonchev–Trinajstić information content (AvgIpc) is 3.01. The van der Waals surface area contributed by atoms with E-state index in [0.717, 1.165) is 34.0 Å². The van der Waals surface area contributed by atoms with Crippen LogP contribution in [0.4, 0.5) is 11.6 Å². The lowest BCUT2D eigenvalue weighted by atomic mass is 9.92. The molecule has 6 nitrogen and oxygen atoms in total. The second-order valence-corrected chi connectivity index (χ2v) is 8.20. The first-order valence-electron chi connectivity index (χ1n) is 9.29. The van der Waals surface area contributed by atoms with Gasteiger partial charge in [0.25, 0.3) is 5.91 Å². The summed E-state index contributed by atoms with van der Waals surface area (Å²) in [5, 5.41) is 8.15. The van der Waals surface area contributed by atoms with Crippen molar-refractivity contribution in [2.75, 3.05) is 5.32 Å². The number of nitrogens with two attached hydrogens (primary N) is 1. The first kappa shape index (κ1) is 19.6. The Hall–Kier alpha value is -3.15. The molecule has 3 rings (SSSR count). The molecule has 0 unspecified atom stereocenters. The van der Waals surface area contributed by atoms with Gasteiger partial charge >= 0.3 is 0 Å². The van der Waals surface area contributed by atoms with E-state index in [-0.39, 0.29) is 5.41 Å². The fourth-order valence-electron chi connectivity index (χ4n) is 2.94. The van der Waals surface area contributed by atoms with E-state index in [1.165, 1.54) is 0 Å². The molecular weight excluding hydrogens is 350 g/mol. The number of anilines is 2. The number of aryl methyl sites for hydroxylation is 3. The molecule has 3 N–H and O–H groups in total. The van der Waals surface area contributed by atoms with E-state index in [1.54, 1.807) is 12.1 Å². The predicted octanol–water partition coefficient (Wildman–Crippen LogP) is 4.33. The Morgan fingerprint density at radius 3 is 2.43 bits per heavy atom. The predicted molar refractivity (Wildman–Crippen MR) is 113 cm³/mol. The minimum atomic E-state index is -0.524. The Labute approximate surface area is 165 Å². The van der Waals surface area contributed by atoms with Crippen LogP contribution in [0.2, 0.25) is 0 Å². The summed E-state index contributed by atoms with van der Waals surface area (Å²) in [6.45, 7) is 12.3. The van der Waals surface area contributed by atoms with Gasteiger partial charge in [-0.1, -0.05) is 32.9 Å². The molecule has 6 heteroatoms. The normalized spacial score (nSPS) is 11.5. The number of hydrogen-bond donors (Lipinski definition) is 2. The Bertz CT molecular complexity index is 1040. The van der Waals surface area contributed by atoms with Crippen LogP contribution in [0.1, 0.15) is 53.6 Å². The van der Waals surface area contributed by atoms with Crippen molar-refractivity contribution in [2.24, 2.45) is 5.73 Å². The van der Waals surface area contributed by atoms with E-state index in [2.05, 4.69) is 63.1 Å². The third-order valence-electron chi connectivity index (χ3n) is 4.62. The van der Waals surface area contributed by atoms with Crippen LogP contribution in [-0.2, 0) is 5.41 Å².